The summed E-state index contributed by atoms with van der Waals surface area (Å²) in [5, 5.41) is 0. The van der Waals surface area contributed by atoms with Gasteiger partial charge >= 0.3 is 11.9 Å². The molecule has 0 bridgehead atoms. The standard InChI is InChI=1S/C22H31NO7/c1-2-29-21(27)11-7-9-17(24)14-16-8-5-3-4-6-10-18(16)30-22(28)15-23-19(25)12-13-20(23)26/h6,10,16,18H,2-5,7-9,11-15H2,1H3/b10-6+. The van der Waals surface area contributed by atoms with E-state index in [9.17, 15) is 24.0 Å². The molecule has 166 valence electrons. The summed E-state index contributed by atoms with van der Waals surface area (Å²) < 4.78 is 10.4. The molecule has 2 atom stereocenters. The van der Waals surface area contributed by atoms with Gasteiger partial charge in [-0.2, -0.15) is 0 Å². The van der Waals surface area contributed by atoms with Gasteiger partial charge in [-0.3, -0.25) is 28.9 Å². The van der Waals surface area contributed by atoms with Crippen LogP contribution in [-0.4, -0.2) is 53.7 Å². The van der Waals surface area contributed by atoms with Gasteiger partial charge in [0.15, 0.2) is 0 Å². The minimum atomic E-state index is -0.645. The first-order valence-corrected chi connectivity index (χ1v) is 10.8. The van der Waals surface area contributed by atoms with E-state index in [1.165, 1.54) is 0 Å². The van der Waals surface area contributed by atoms with E-state index in [4.69, 9.17) is 9.47 Å². The van der Waals surface area contributed by atoms with Crippen molar-refractivity contribution in [3.63, 3.8) is 0 Å². The number of ether oxygens (including phenoxy) is 2. The molecular weight excluding hydrogens is 390 g/mol. The predicted octanol–water partition coefficient (Wildman–Crippen LogP) is 2.49. The van der Waals surface area contributed by atoms with Crippen LogP contribution in [0.5, 0.6) is 0 Å². The Hall–Kier alpha value is -2.51. The van der Waals surface area contributed by atoms with E-state index >= 15 is 0 Å². The fraction of sp³-hybridized carbons (Fsp3) is 0.682. The van der Waals surface area contributed by atoms with E-state index in [1.54, 1.807) is 13.0 Å². The summed E-state index contributed by atoms with van der Waals surface area (Å²) in [5.74, 6) is -1.82. The fourth-order valence-electron chi connectivity index (χ4n) is 3.75. The lowest BCUT2D eigenvalue weighted by Crippen LogP contribution is -2.37. The molecule has 1 heterocycles. The van der Waals surface area contributed by atoms with Crippen LogP contribution in [0.25, 0.3) is 0 Å². The second kappa shape index (κ2) is 12.2. The lowest BCUT2D eigenvalue weighted by atomic mass is 9.87. The van der Waals surface area contributed by atoms with Gasteiger partial charge in [0.05, 0.1) is 6.61 Å². The molecule has 0 saturated carbocycles. The van der Waals surface area contributed by atoms with Crippen LogP contribution in [0.15, 0.2) is 12.2 Å². The number of nitrogens with zero attached hydrogens (tertiary/aromatic N) is 1. The zero-order chi connectivity index (χ0) is 21.9. The molecule has 0 radical (unpaired) electrons. The summed E-state index contributed by atoms with van der Waals surface area (Å²) in [7, 11) is 0. The molecule has 8 heteroatoms. The summed E-state index contributed by atoms with van der Waals surface area (Å²) in [6.45, 7) is 1.67. The molecular formula is C22H31NO7. The molecule has 0 spiro atoms. The van der Waals surface area contributed by atoms with Crippen molar-refractivity contribution in [1.82, 2.24) is 4.90 Å². The van der Waals surface area contributed by atoms with Crippen molar-refractivity contribution >= 4 is 29.5 Å². The normalized spacial score (nSPS) is 22.9. The molecule has 1 aliphatic carbocycles. The molecule has 2 aliphatic rings. The minimum absolute atomic E-state index is 0.0178. The number of amides is 2. The summed E-state index contributed by atoms with van der Waals surface area (Å²) in [6, 6.07) is 0. The maximum Gasteiger partial charge on any atom is 0.326 e. The number of imide groups is 1. The molecule has 8 nitrogen and oxygen atoms in total. The summed E-state index contributed by atoms with van der Waals surface area (Å²) >= 11 is 0. The molecule has 1 saturated heterocycles. The average Bonchev–Trinajstić information content (AvgIpc) is 2.99. The quantitative estimate of drug-likeness (QED) is 0.303. The van der Waals surface area contributed by atoms with Crippen LogP contribution < -0.4 is 0 Å². The molecule has 0 aromatic rings. The Morgan fingerprint density at radius 3 is 2.50 bits per heavy atom. The first-order chi connectivity index (χ1) is 14.4. The number of likely N-dealkylation sites (tertiary alicyclic amines) is 1. The zero-order valence-corrected chi connectivity index (χ0v) is 17.6. The van der Waals surface area contributed by atoms with Crippen molar-refractivity contribution < 1.29 is 33.4 Å². The number of ketones is 1. The van der Waals surface area contributed by atoms with Crippen molar-refractivity contribution in [2.45, 2.75) is 77.2 Å². The third-order valence-electron chi connectivity index (χ3n) is 5.33. The number of hydrogen-bond acceptors (Lipinski definition) is 7. The number of hydrogen-bond donors (Lipinski definition) is 0. The van der Waals surface area contributed by atoms with Gasteiger partial charge in [0.25, 0.3) is 0 Å². The van der Waals surface area contributed by atoms with Gasteiger partial charge in [0.2, 0.25) is 11.8 Å². The van der Waals surface area contributed by atoms with Crippen LogP contribution >= 0.6 is 0 Å². The van der Waals surface area contributed by atoms with Crippen LogP contribution in [0.2, 0.25) is 0 Å². The summed E-state index contributed by atoms with van der Waals surface area (Å²) in [6.07, 6.45) is 8.14. The Kier molecular flexibility index (Phi) is 9.70. The fourth-order valence-corrected chi connectivity index (χ4v) is 3.75. The first-order valence-electron chi connectivity index (χ1n) is 10.8. The van der Waals surface area contributed by atoms with E-state index in [0.29, 0.717) is 13.0 Å². The minimum Gasteiger partial charge on any atom is -0.466 e. The third kappa shape index (κ3) is 7.72. The Balaban J connectivity index is 1.90. The van der Waals surface area contributed by atoms with Crippen molar-refractivity contribution in [2.75, 3.05) is 13.2 Å². The highest BCUT2D eigenvalue weighted by atomic mass is 16.5. The van der Waals surface area contributed by atoms with Gasteiger partial charge in [-0.25, -0.2) is 0 Å². The maximum absolute atomic E-state index is 12.4. The van der Waals surface area contributed by atoms with Gasteiger partial charge in [0.1, 0.15) is 18.4 Å². The molecule has 2 unspecified atom stereocenters. The number of Topliss-reactive ketones (excluding diaryl/α,β-unsaturated/α-hetero) is 1. The number of carbonyl (C=O) groups excluding carboxylic acids is 5. The van der Waals surface area contributed by atoms with Crippen LogP contribution in [-0.2, 0) is 33.4 Å². The van der Waals surface area contributed by atoms with Crippen molar-refractivity contribution in [3.8, 4) is 0 Å². The zero-order valence-electron chi connectivity index (χ0n) is 17.6. The largest absolute Gasteiger partial charge is 0.466 e. The van der Waals surface area contributed by atoms with Gasteiger partial charge in [-0.05, 0) is 38.7 Å². The van der Waals surface area contributed by atoms with Gasteiger partial charge in [0, 0.05) is 38.0 Å². The van der Waals surface area contributed by atoms with Gasteiger partial charge < -0.3 is 9.47 Å². The average molecular weight is 421 g/mol. The maximum atomic E-state index is 12.4. The highest BCUT2D eigenvalue weighted by molar-refractivity contribution is 6.04. The highest BCUT2D eigenvalue weighted by Gasteiger charge is 2.32. The lowest BCUT2D eigenvalue weighted by molar-refractivity contribution is -0.156. The highest BCUT2D eigenvalue weighted by Crippen LogP contribution is 2.26. The summed E-state index contributed by atoms with van der Waals surface area (Å²) in [4.78, 5) is 60.6. The molecule has 30 heavy (non-hydrogen) atoms. The number of allylic oxidation sites excluding steroid dienone is 1. The molecule has 1 fully saturated rings. The molecule has 2 amide bonds. The Bertz CT molecular complexity index is 669. The molecule has 2 rings (SSSR count). The third-order valence-corrected chi connectivity index (χ3v) is 5.33. The van der Waals surface area contributed by atoms with Gasteiger partial charge in [-0.15, -0.1) is 0 Å². The number of carbonyl (C=O) groups is 5. The van der Waals surface area contributed by atoms with Crippen LogP contribution in [0.1, 0.15) is 71.1 Å². The van der Waals surface area contributed by atoms with Crippen molar-refractivity contribution in [2.24, 2.45) is 5.92 Å². The first kappa shape index (κ1) is 23.8. The van der Waals surface area contributed by atoms with E-state index in [-0.39, 0.29) is 68.1 Å². The van der Waals surface area contributed by atoms with E-state index in [1.807, 2.05) is 6.08 Å². The Morgan fingerprint density at radius 1 is 1.07 bits per heavy atom. The second-order valence-corrected chi connectivity index (χ2v) is 7.70. The Labute approximate surface area is 176 Å². The number of rotatable bonds is 10. The summed E-state index contributed by atoms with van der Waals surface area (Å²) in [5.41, 5.74) is 0. The van der Waals surface area contributed by atoms with E-state index in [2.05, 4.69) is 0 Å². The monoisotopic (exact) mass is 421 g/mol. The van der Waals surface area contributed by atoms with E-state index < -0.39 is 12.1 Å². The lowest BCUT2D eigenvalue weighted by Gasteiger charge is -2.26. The van der Waals surface area contributed by atoms with E-state index in [0.717, 1.165) is 30.6 Å². The topological polar surface area (TPSA) is 107 Å². The second-order valence-electron chi connectivity index (χ2n) is 7.70. The molecule has 0 aromatic carbocycles. The van der Waals surface area contributed by atoms with Gasteiger partial charge in [-0.1, -0.05) is 12.5 Å². The SMILES string of the molecule is CCOC(=O)CCCC(=O)CC1CCCC/C=C/C1OC(=O)CN1C(=O)CCC1=O. The van der Waals surface area contributed by atoms with Crippen LogP contribution in [0, 0.1) is 5.92 Å². The Morgan fingerprint density at radius 2 is 1.80 bits per heavy atom. The van der Waals surface area contributed by atoms with Crippen molar-refractivity contribution in [3.05, 3.63) is 12.2 Å². The van der Waals surface area contributed by atoms with Crippen LogP contribution in [0.3, 0.4) is 0 Å². The molecule has 0 N–H and O–H groups in total. The predicted molar refractivity (Wildman–Crippen MR) is 107 cm³/mol. The van der Waals surface area contributed by atoms with Crippen molar-refractivity contribution in [1.29, 1.82) is 0 Å². The smallest absolute Gasteiger partial charge is 0.326 e. The van der Waals surface area contributed by atoms with Crippen LogP contribution in [0.4, 0.5) is 0 Å². The molecule has 0 aromatic heterocycles. The molecule has 1 aliphatic heterocycles. The number of esters is 2.